The highest BCUT2D eigenvalue weighted by Gasteiger charge is 2.15. The predicted octanol–water partition coefficient (Wildman–Crippen LogP) is -0.211. The van der Waals surface area contributed by atoms with Crippen LogP contribution in [0.5, 0.6) is 0 Å². The number of rotatable bonds is 3. The lowest BCUT2D eigenvalue weighted by Crippen LogP contribution is -2.43. The van der Waals surface area contributed by atoms with Gasteiger partial charge in [0.05, 0.1) is 0 Å². The summed E-state index contributed by atoms with van der Waals surface area (Å²) in [6.45, 7) is 0. The molecular formula is C5H10N2O. The smallest absolute Gasteiger partial charge is 0.221 e. The van der Waals surface area contributed by atoms with Gasteiger partial charge in [0.1, 0.15) is 0 Å². The highest BCUT2D eigenvalue weighted by atomic mass is 16.1. The molecule has 0 aromatic heterocycles. The maximum absolute atomic E-state index is 9.68. The van der Waals surface area contributed by atoms with Gasteiger partial charge in [-0.05, 0) is 12.8 Å². The molecule has 1 fully saturated rings. The minimum Gasteiger partial charge on any atom is -0.294 e. The van der Waals surface area contributed by atoms with Crippen LogP contribution in [0.3, 0.4) is 0 Å². The Morgan fingerprint density at radius 3 is 2.62 bits per heavy atom. The molecule has 0 unspecified atom stereocenters. The Labute approximate surface area is 48.4 Å². The Bertz CT molecular complexity index is 80.5. The Hall–Kier alpha value is -0.570. The second-order valence-electron chi connectivity index (χ2n) is 2.03. The van der Waals surface area contributed by atoms with Gasteiger partial charge in [0, 0.05) is 6.04 Å². The number of nitrogens with one attached hydrogen (secondary N) is 2. The average Bonchev–Trinajstić information content (AvgIpc) is 1.63. The molecule has 1 saturated carbocycles. The van der Waals surface area contributed by atoms with E-state index in [0.717, 1.165) is 0 Å². The van der Waals surface area contributed by atoms with Crippen molar-refractivity contribution in [3.63, 3.8) is 0 Å². The van der Waals surface area contributed by atoms with Crippen LogP contribution in [-0.2, 0) is 4.79 Å². The predicted molar refractivity (Wildman–Crippen MR) is 30.0 cm³/mol. The van der Waals surface area contributed by atoms with Crippen LogP contribution in [0.1, 0.15) is 19.3 Å². The number of hydrazine groups is 1. The maximum atomic E-state index is 9.68. The van der Waals surface area contributed by atoms with Gasteiger partial charge in [0.25, 0.3) is 0 Å². The monoisotopic (exact) mass is 114 g/mol. The van der Waals surface area contributed by atoms with E-state index in [2.05, 4.69) is 10.9 Å². The highest BCUT2D eigenvalue weighted by molar-refractivity contribution is 5.44. The normalized spacial score (nSPS) is 19.5. The Balaban J connectivity index is 1.93. The molecule has 0 aromatic carbocycles. The van der Waals surface area contributed by atoms with E-state index in [9.17, 15) is 4.79 Å². The standard InChI is InChI=1S/C5H10N2O/c8-4-6-7-5-2-1-3-5/h4-5,7H,1-3H2,(H,6,8). The van der Waals surface area contributed by atoms with Crippen molar-refractivity contribution in [1.29, 1.82) is 0 Å². The molecule has 0 bridgehead atoms. The van der Waals surface area contributed by atoms with Gasteiger partial charge >= 0.3 is 0 Å². The van der Waals surface area contributed by atoms with Gasteiger partial charge < -0.3 is 0 Å². The molecule has 0 saturated heterocycles. The fraction of sp³-hybridized carbons (Fsp3) is 0.800. The van der Waals surface area contributed by atoms with Gasteiger partial charge in [-0.15, -0.1) is 0 Å². The third-order valence-corrected chi connectivity index (χ3v) is 1.45. The molecule has 0 aromatic rings. The maximum Gasteiger partial charge on any atom is 0.221 e. The molecule has 0 radical (unpaired) electrons. The largest absolute Gasteiger partial charge is 0.294 e. The molecule has 1 amide bonds. The van der Waals surface area contributed by atoms with Crippen molar-refractivity contribution in [2.45, 2.75) is 25.3 Å². The second-order valence-corrected chi connectivity index (χ2v) is 2.03. The number of hydrogen-bond acceptors (Lipinski definition) is 2. The summed E-state index contributed by atoms with van der Waals surface area (Å²) < 4.78 is 0. The lowest BCUT2D eigenvalue weighted by Gasteiger charge is -2.25. The van der Waals surface area contributed by atoms with E-state index in [-0.39, 0.29) is 0 Å². The number of amides is 1. The molecule has 0 aliphatic heterocycles. The number of hydrogen-bond donors (Lipinski definition) is 2. The van der Waals surface area contributed by atoms with E-state index in [1.807, 2.05) is 0 Å². The Morgan fingerprint density at radius 2 is 2.25 bits per heavy atom. The van der Waals surface area contributed by atoms with Crippen molar-refractivity contribution in [2.75, 3.05) is 0 Å². The van der Waals surface area contributed by atoms with Gasteiger partial charge in [-0.3, -0.25) is 10.2 Å². The first-order valence-electron chi connectivity index (χ1n) is 2.88. The first-order chi connectivity index (χ1) is 3.93. The van der Waals surface area contributed by atoms with E-state index >= 15 is 0 Å². The van der Waals surface area contributed by atoms with E-state index in [1.165, 1.54) is 19.3 Å². The molecule has 1 aliphatic rings. The topological polar surface area (TPSA) is 41.1 Å². The summed E-state index contributed by atoms with van der Waals surface area (Å²) in [5.41, 5.74) is 5.27. The zero-order chi connectivity index (χ0) is 5.82. The van der Waals surface area contributed by atoms with E-state index in [1.54, 1.807) is 0 Å². The van der Waals surface area contributed by atoms with Crippen LogP contribution in [0.4, 0.5) is 0 Å². The molecule has 46 valence electrons. The van der Waals surface area contributed by atoms with Crippen molar-refractivity contribution < 1.29 is 4.79 Å². The van der Waals surface area contributed by atoms with Crippen molar-refractivity contribution in [1.82, 2.24) is 10.9 Å². The van der Waals surface area contributed by atoms with Crippen molar-refractivity contribution >= 4 is 6.41 Å². The molecule has 3 heteroatoms. The van der Waals surface area contributed by atoms with Gasteiger partial charge in [-0.25, -0.2) is 5.43 Å². The Kier molecular flexibility index (Phi) is 1.86. The third kappa shape index (κ3) is 1.20. The average molecular weight is 114 g/mol. The molecule has 1 rings (SSSR count). The van der Waals surface area contributed by atoms with Gasteiger partial charge in [0.2, 0.25) is 6.41 Å². The molecule has 3 nitrogen and oxygen atoms in total. The summed E-state index contributed by atoms with van der Waals surface area (Å²) in [5, 5.41) is 0. The third-order valence-electron chi connectivity index (χ3n) is 1.45. The van der Waals surface area contributed by atoms with Crippen LogP contribution in [-0.4, -0.2) is 12.5 Å². The Morgan fingerprint density at radius 1 is 1.50 bits per heavy atom. The minimum absolute atomic E-state index is 0.542. The number of carbonyl (C=O) groups excluding carboxylic acids is 1. The van der Waals surface area contributed by atoms with Crippen LogP contribution < -0.4 is 10.9 Å². The van der Waals surface area contributed by atoms with Crippen molar-refractivity contribution in [2.24, 2.45) is 0 Å². The fourth-order valence-electron chi connectivity index (χ4n) is 0.704. The SMILES string of the molecule is O=CNNC1CCC1. The van der Waals surface area contributed by atoms with Crippen LogP contribution in [0, 0.1) is 0 Å². The number of carbonyl (C=O) groups is 1. The molecule has 0 heterocycles. The van der Waals surface area contributed by atoms with Crippen molar-refractivity contribution in [3.05, 3.63) is 0 Å². The minimum atomic E-state index is 0.542. The van der Waals surface area contributed by atoms with Gasteiger partial charge in [-0.1, -0.05) is 6.42 Å². The molecular weight excluding hydrogens is 104 g/mol. The van der Waals surface area contributed by atoms with Crippen LogP contribution >= 0.6 is 0 Å². The van der Waals surface area contributed by atoms with Crippen LogP contribution in [0.25, 0.3) is 0 Å². The lowest BCUT2D eigenvalue weighted by molar-refractivity contribution is -0.110. The zero-order valence-electron chi connectivity index (χ0n) is 4.68. The lowest BCUT2D eigenvalue weighted by atomic mass is 9.94. The quantitative estimate of drug-likeness (QED) is 0.393. The zero-order valence-corrected chi connectivity index (χ0v) is 4.68. The first-order valence-corrected chi connectivity index (χ1v) is 2.88. The fourth-order valence-corrected chi connectivity index (χ4v) is 0.704. The summed E-state index contributed by atoms with van der Waals surface area (Å²) in [6.07, 6.45) is 4.35. The molecule has 0 spiro atoms. The van der Waals surface area contributed by atoms with Crippen LogP contribution in [0.15, 0.2) is 0 Å². The van der Waals surface area contributed by atoms with Crippen molar-refractivity contribution in [3.8, 4) is 0 Å². The first kappa shape index (κ1) is 5.56. The van der Waals surface area contributed by atoms with Gasteiger partial charge in [-0.2, -0.15) is 0 Å². The second kappa shape index (κ2) is 2.67. The van der Waals surface area contributed by atoms with E-state index < -0.39 is 0 Å². The summed E-state index contributed by atoms with van der Waals surface area (Å²) in [7, 11) is 0. The molecule has 0 atom stereocenters. The molecule has 1 aliphatic carbocycles. The summed E-state index contributed by atoms with van der Waals surface area (Å²) in [6, 6.07) is 0.542. The summed E-state index contributed by atoms with van der Waals surface area (Å²) in [4.78, 5) is 9.68. The summed E-state index contributed by atoms with van der Waals surface area (Å²) >= 11 is 0. The molecule has 2 N–H and O–H groups in total. The van der Waals surface area contributed by atoms with E-state index in [0.29, 0.717) is 12.5 Å². The van der Waals surface area contributed by atoms with E-state index in [4.69, 9.17) is 0 Å². The highest BCUT2D eigenvalue weighted by Crippen LogP contribution is 2.16. The summed E-state index contributed by atoms with van der Waals surface area (Å²) in [5.74, 6) is 0. The van der Waals surface area contributed by atoms with Crippen LogP contribution in [0.2, 0.25) is 0 Å². The van der Waals surface area contributed by atoms with Gasteiger partial charge in [0.15, 0.2) is 0 Å². The molecule has 8 heavy (non-hydrogen) atoms.